The van der Waals surface area contributed by atoms with Crippen LogP contribution in [-0.4, -0.2) is 35.2 Å². The lowest BCUT2D eigenvalue weighted by Crippen LogP contribution is -2.31. The summed E-state index contributed by atoms with van der Waals surface area (Å²) in [7, 11) is 2.05. The van der Waals surface area contributed by atoms with E-state index in [-0.39, 0.29) is 0 Å². The summed E-state index contributed by atoms with van der Waals surface area (Å²) in [6, 6.07) is 4.34. The van der Waals surface area contributed by atoms with Crippen LogP contribution in [0.4, 0.5) is 5.82 Å². The van der Waals surface area contributed by atoms with E-state index in [0.717, 1.165) is 17.1 Å². The standard InChI is InChI=1S/C12H20N2OS/c1-9(8-16-4)14(3)12-6-5-11(7-13-12)10(2)15/h5-7,9-10,15H,8H2,1-4H3/t9?,10-/m1/s1. The van der Waals surface area contributed by atoms with Crippen LogP contribution in [0.5, 0.6) is 0 Å². The first-order valence-corrected chi connectivity index (χ1v) is 6.81. The van der Waals surface area contributed by atoms with Crippen LogP contribution in [0, 0.1) is 0 Å². The number of hydrogen-bond donors (Lipinski definition) is 1. The number of rotatable bonds is 5. The molecule has 1 rings (SSSR count). The molecule has 4 heteroatoms. The Morgan fingerprint density at radius 3 is 2.56 bits per heavy atom. The van der Waals surface area contributed by atoms with E-state index in [1.807, 2.05) is 30.9 Å². The number of nitrogens with zero attached hydrogens (tertiary/aromatic N) is 2. The quantitative estimate of drug-likeness (QED) is 0.857. The van der Waals surface area contributed by atoms with Crippen LogP contribution < -0.4 is 4.90 Å². The Bertz CT molecular complexity index is 313. The molecule has 3 nitrogen and oxygen atoms in total. The first-order valence-electron chi connectivity index (χ1n) is 5.42. The first kappa shape index (κ1) is 13.3. The van der Waals surface area contributed by atoms with E-state index in [4.69, 9.17) is 0 Å². The summed E-state index contributed by atoms with van der Waals surface area (Å²) in [6.07, 6.45) is 3.40. The molecular weight excluding hydrogens is 220 g/mol. The Morgan fingerprint density at radius 1 is 1.44 bits per heavy atom. The molecule has 0 aliphatic rings. The Labute approximate surface area is 102 Å². The van der Waals surface area contributed by atoms with Gasteiger partial charge in [0.2, 0.25) is 0 Å². The van der Waals surface area contributed by atoms with Crippen molar-refractivity contribution in [3.63, 3.8) is 0 Å². The second-order valence-electron chi connectivity index (χ2n) is 4.04. The zero-order valence-electron chi connectivity index (χ0n) is 10.3. The molecule has 1 unspecified atom stereocenters. The van der Waals surface area contributed by atoms with Crippen molar-refractivity contribution in [2.24, 2.45) is 0 Å². The average Bonchev–Trinajstić information content (AvgIpc) is 2.28. The number of aliphatic hydroxyl groups excluding tert-OH is 1. The zero-order chi connectivity index (χ0) is 12.1. The molecule has 0 saturated carbocycles. The molecule has 16 heavy (non-hydrogen) atoms. The Balaban J connectivity index is 2.73. The van der Waals surface area contributed by atoms with Gasteiger partial charge >= 0.3 is 0 Å². The maximum absolute atomic E-state index is 9.39. The first-order chi connectivity index (χ1) is 7.56. The highest BCUT2D eigenvalue weighted by molar-refractivity contribution is 7.98. The molecule has 0 amide bonds. The summed E-state index contributed by atoms with van der Waals surface area (Å²) in [5, 5.41) is 9.39. The third-order valence-electron chi connectivity index (χ3n) is 2.68. The van der Waals surface area contributed by atoms with Gasteiger partial charge < -0.3 is 10.0 Å². The van der Waals surface area contributed by atoms with Crippen LogP contribution in [-0.2, 0) is 0 Å². The van der Waals surface area contributed by atoms with Crippen molar-refractivity contribution in [2.45, 2.75) is 26.0 Å². The largest absolute Gasteiger partial charge is 0.389 e. The smallest absolute Gasteiger partial charge is 0.128 e. The predicted octanol–water partition coefficient (Wildman–Crippen LogP) is 2.32. The van der Waals surface area contributed by atoms with Crippen molar-refractivity contribution in [2.75, 3.05) is 24.0 Å². The molecule has 1 aromatic heterocycles. The fraction of sp³-hybridized carbons (Fsp3) is 0.583. The van der Waals surface area contributed by atoms with E-state index in [1.165, 1.54) is 0 Å². The van der Waals surface area contributed by atoms with Crippen LogP contribution in [0.1, 0.15) is 25.5 Å². The maximum Gasteiger partial charge on any atom is 0.128 e. The molecule has 0 fully saturated rings. The van der Waals surface area contributed by atoms with Gasteiger partial charge in [-0.15, -0.1) is 0 Å². The average molecular weight is 240 g/mol. The van der Waals surface area contributed by atoms with Gasteiger partial charge in [0.25, 0.3) is 0 Å². The molecule has 1 N–H and O–H groups in total. The Kier molecular flexibility index (Phi) is 5.09. The van der Waals surface area contributed by atoms with E-state index < -0.39 is 6.10 Å². The summed E-state index contributed by atoms with van der Waals surface area (Å²) in [5.74, 6) is 2.03. The zero-order valence-corrected chi connectivity index (χ0v) is 11.2. The fourth-order valence-electron chi connectivity index (χ4n) is 1.43. The van der Waals surface area contributed by atoms with E-state index >= 15 is 0 Å². The predicted molar refractivity (Wildman–Crippen MR) is 71.1 cm³/mol. The van der Waals surface area contributed by atoms with Gasteiger partial charge in [-0.1, -0.05) is 6.07 Å². The van der Waals surface area contributed by atoms with Gasteiger partial charge in [0.15, 0.2) is 0 Å². The minimum absolute atomic E-state index is 0.449. The second kappa shape index (κ2) is 6.11. The minimum Gasteiger partial charge on any atom is -0.389 e. The third kappa shape index (κ3) is 3.39. The summed E-state index contributed by atoms with van der Waals surface area (Å²) in [6.45, 7) is 3.93. The van der Waals surface area contributed by atoms with Crippen molar-refractivity contribution in [3.8, 4) is 0 Å². The highest BCUT2D eigenvalue weighted by Crippen LogP contribution is 2.17. The molecule has 0 aromatic carbocycles. The van der Waals surface area contributed by atoms with E-state index in [1.54, 1.807) is 13.1 Å². The highest BCUT2D eigenvalue weighted by atomic mass is 32.2. The summed E-state index contributed by atoms with van der Waals surface area (Å²) >= 11 is 1.83. The van der Waals surface area contributed by atoms with Gasteiger partial charge in [0, 0.05) is 25.0 Å². The van der Waals surface area contributed by atoms with Crippen molar-refractivity contribution in [1.29, 1.82) is 0 Å². The third-order valence-corrected chi connectivity index (χ3v) is 3.50. The summed E-state index contributed by atoms with van der Waals surface area (Å²) in [4.78, 5) is 6.51. The van der Waals surface area contributed by atoms with Crippen molar-refractivity contribution in [1.82, 2.24) is 4.98 Å². The monoisotopic (exact) mass is 240 g/mol. The van der Waals surface area contributed by atoms with Gasteiger partial charge in [-0.25, -0.2) is 4.98 Å². The lowest BCUT2D eigenvalue weighted by Gasteiger charge is -2.25. The lowest BCUT2D eigenvalue weighted by molar-refractivity contribution is 0.199. The van der Waals surface area contributed by atoms with E-state index in [2.05, 4.69) is 23.1 Å². The van der Waals surface area contributed by atoms with Crippen LogP contribution in [0.3, 0.4) is 0 Å². The molecule has 90 valence electrons. The molecule has 1 aromatic rings. The Morgan fingerprint density at radius 2 is 2.12 bits per heavy atom. The van der Waals surface area contributed by atoms with E-state index in [0.29, 0.717) is 6.04 Å². The van der Waals surface area contributed by atoms with Crippen molar-refractivity contribution >= 4 is 17.6 Å². The fourth-order valence-corrected chi connectivity index (χ4v) is 2.14. The maximum atomic E-state index is 9.39. The van der Waals surface area contributed by atoms with E-state index in [9.17, 15) is 5.11 Å². The van der Waals surface area contributed by atoms with Gasteiger partial charge in [-0.05, 0) is 31.7 Å². The highest BCUT2D eigenvalue weighted by Gasteiger charge is 2.10. The summed E-state index contributed by atoms with van der Waals surface area (Å²) < 4.78 is 0. The topological polar surface area (TPSA) is 36.4 Å². The van der Waals surface area contributed by atoms with Crippen LogP contribution in [0.15, 0.2) is 18.3 Å². The molecule has 0 bridgehead atoms. The van der Waals surface area contributed by atoms with Crippen LogP contribution in [0.2, 0.25) is 0 Å². The molecule has 0 aliphatic carbocycles. The molecule has 1 heterocycles. The van der Waals surface area contributed by atoms with Gasteiger partial charge in [-0.3, -0.25) is 0 Å². The molecular formula is C12H20N2OS. The summed E-state index contributed by atoms with van der Waals surface area (Å²) in [5.41, 5.74) is 0.856. The Hall–Kier alpha value is -0.740. The number of aromatic nitrogens is 1. The SMILES string of the molecule is CSCC(C)N(C)c1ccc([C@@H](C)O)cn1. The van der Waals surface area contributed by atoms with Gasteiger partial charge in [0.1, 0.15) is 5.82 Å². The molecule has 2 atom stereocenters. The normalized spacial score (nSPS) is 14.6. The van der Waals surface area contributed by atoms with Crippen molar-refractivity contribution < 1.29 is 5.11 Å². The number of pyridine rings is 1. The number of aliphatic hydroxyl groups is 1. The van der Waals surface area contributed by atoms with Gasteiger partial charge in [0.05, 0.1) is 6.10 Å². The number of anilines is 1. The van der Waals surface area contributed by atoms with Crippen LogP contribution >= 0.6 is 11.8 Å². The lowest BCUT2D eigenvalue weighted by atomic mass is 10.2. The number of thioether (sulfide) groups is 1. The van der Waals surface area contributed by atoms with Gasteiger partial charge in [-0.2, -0.15) is 11.8 Å². The molecule has 0 aliphatic heterocycles. The minimum atomic E-state index is -0.449. The van der Waals surface area contributed by atoms with Crippen molar-refractivity contribution in [3.05, 3.63) is 23.9 Å². The molecule has 0 radical (unpaired) electrons. The van der Waals surface area contributed by atoms with Crippen LogP contribution in [0.25, 0.3) is 0 Å². The molecule has 0 saturated heterocycles. The second-order valence-corrected chi connectivity index (χ2v) is 4.95. The molecule has 0 spiro atoms. The number of hydrogen-bond acceptors (Lipinski definition) is 4.